The first kappa shape index (κ1) is 18.9. The van der Waals surface area contributed by atoms with Crippen molar-refractivity contribution in [3.63, 3.8) is 0 Å². The number of carbonyl (C=O) groups is 1. The normalized spacial score (nSPS) is 13.1. The molecular weight excluding hydrogens is 368 g/mol. The summed E-state index contributed by atoms with van der Waals surface area (Å²) in [7, 11) is 0. The lowest BCUT2D eigenvalue weighted by Gasteiger charge is -2.09. The number of carbonyl (C=O) groups excluding carboxylic acids is 1. The first-order chi connectivity index (χ1) is 14.1. The minimum atomic E-state index is -0.213. The number of aromatic nitrogens is 2. The van der Waals surface area contributed by atoms with Gasteiger partial charge in [-0.15, -0.1) is 0 Å². The van der Waals surface area contributed by atoms with E-state index in [0.717, 1.165) is 29.7 Å². The van der Waals surface area contributed by atoms with E-state index >= 15 is 0 Å². The zero-order chi connectivity index (χ0) is 20.2. The lowest BCUT2D eigenvalue weighted by molar-refractivity contribution is 0.102. The van der Waals surface area contributed by atoms with Crippen LogP contribution in [0.15, 0.2) is 54.7 Å². The number of nitrogens with zero attached hydrogens (tertiary/aromatic N) is 2. The van der Waals surface area contributed by atoms with Crippen molar-refractivity contribution >= 4 is 23.2 Å². The molecule has 1 heterocycles. The van der Waals surface area contributed by atoms with E-state index in [1.807, 2.05) is 30.3 Å². The minimum absolute atomic E-state index is 0.186. The number of hydrogen-bond acceptors (Lipinski definition) is 7. The zero-order valence-electron chi connectivity index (χ0n) is 15.8. The number of anilines is 3. The molecule has 6 N–H and O–H groups in total. The summed E-state index contributed by atoms with van der Waals surface area (Å²) in [6.45, 7) is 0.601. The average molecular weight is 390 g/mol. The number of benzene rings is 2. The Hall–Kier alpha value is -3.49. The van der Waals surface area contributed by atoms with E-state index in [1.165, 1.54) is 0 Å². The first-order valence-corrected chi connectivity index (χ1v) is 9.34. The van der Waals surface area contributed by atoms with Gasteiger partial charge in [0.25, 0.3) is 5.91 Å². The number of hydrazine groups is 1. The summed E-state index contributed by atoms with van der Waals surface area (Å²) in [4.78, 5) is 21.0. The maximum Gasteiger partial charge on any atom is 0.255 e. The van der Waals surface area contributed by atoms with Gasteiger partial charge in [-0.3, -0.25) is 4.79 Å². The molecule has 4 rings (SSSR count). The van der Waals surface area contributed by atoms with Gasteiger partial charge in [0.05, 0.1) is 24.6 Å². The fraction of sp³-hybridized carbons (Fsp3) is 0.190. The molecule has 2 aromatic carbocycles. The van der Waals surface area contributed by atoms with Crippen LogP contribution in [0.1, 0.15) is 28.8 Å². The molecule has 1 aliphatic carbocycles. The van der Waals surface area contributed by atoms with E-state index in [1.54, 1.807) is 24.4 Å². The molecule has 0 saturated heterocycles. The Labute approximate surface area is 168 Å². The molecule has 1 saturated carbocycles. The molecule has 8 heteroatoms. The van der Waals surface area contributed by atoms with Crippen molar-refractivity contribution in [3.05, 3.63) is 65.9 Å². The predicted molar refractivity (Wildman–Crippen MR) is 112 cm³/mol. The molecule has 0 radical (unpaired) electrons. The van der Waals surface area contributed by atoms with Crippen molar-refractivity contribution in [3.8, 4) is 11.3 Å². The summed E-state index contributed by atoms with van der Waals surface area (Å²) in [5.74, 6) is 5.60. The zero-order valence-corrected chi connectivity index (χ0v) is 15.8. The smallest absolute Gasteiger partial charge is 0.255 e. The van der Waals surface area contributed by atoms with E-state index in [-0.39, 0.29) is 11.7 Å². The third kappa shape index (κ3) is 4.68. The van der Waals surface area contributed by atoms with Crippen LogP contribution in [0.5, 0.6) is 0 Å². The second-order valence-electron chi connectivity index (χ2n) is 6.88. The maximum atomic E-state index is 12.7. The summed E-state index contributed by atoms with van der Waals surface area (Å²) >= 11 is 0. The molecule has 1 fully saturated rings. The van der Waals surface area contributed by atoms with Gasteiger partial charge in [-0.25, -0.2) is 15.8 Å². The molecule has 29 heavy (non-hydrogen) atoms. The van der Waals surface area contributed by atoms with E-state index in [4.69, 9.17) is 16.3 Å². The molecule has 0 aliphatic heterocycles. The summed E-state index contributed by atoms with van der Waals surface area (Å²) in [5.41, 5.74) is 11.8. The summed E-state index contributed by atoms with van der Waals surface area (Å²) in [5, 5.41) is 2.90. The molecule has 0 unspecified atom stereocenters. The number of rotatable bonds is 7. The highest BCUT2D eigenvalue weighted by atomic mass is 16.5. The van der Waals surface area contributed by atoms with Crippen LogP contribution in [-0.2, 0) is 11.3 Å². The van der Waals surface area contributed by atoms with Crippen molar-refractivity contribution in [1.82, 2.24) is 9.97 Å². The number of hydrogen-bond donors (Lipinski definition) is 4. The first-order valence-electron chi connectivity index (χ1n) is 9.34. The van der Waals surface area contributed by atoms with Gasteiger partial charge < -0.3 is 21.2 Å². The monoisotopic (exact) mass is 390 g/mol. The van der Waals surface area contributed by atoms with Gasteiger partial charge in [-0.1, -0.05) is 24.3 Å². The standard InChI is InChI=1S/C21H22N6O2/c22-19-20(27-23)24-11-18(26-19)14-2-1-3-15(10-14)21(28)25-16-6-4-13(5-7-16)12-29-17-8-9-17/h1-7,10-11,17H,8-9,12,23H2,(H2,22,26)(H,24,27)(H,25,28). The predicted octanol–water partition coefficient (Wildman–Crippen LogP) is 2.94. The maximum absolute atomic E-state index is 12.7. The summed E-state index contributed by atoms with van der Waals surface area (Å²) in [6.07, 6.45) is 4.27. The largest absolute Gasteiger partial charge is 0.381 e. The Morgan fingerprint density at radius 2 is 1.97 bits per heavy atom. The molecule has 1 amide bonds. The Kier molecular flexibility index (Phi) is 5.37. The van der Waals surface area contributed by atoms with Crippen LogP contribution in [0.2, 0.25) is 0 Å². The quantitative estimate of drug-likeness (QED) is 0.361. The van der Waals surface area contributed by atoms with Crippen LogP contribution in [0.4, 0.5) is 17.3 Å². The van der Waals surface area contributed by atoms with Crippen LogP contribution in [-0.4, -0.2) is 22.0 Å². The van der Waals surface area contributed by atoms with E-state index < -0.39 is 0 Å². The Bertz CT molecular complexity index is 1020. The molecular formula is C21H22N6O2. The average Bonchev–Trinajstić information content (AvgIpc) is 3.58. The highest BCUT2D eigenvalue weighted by Crippen LogP contribution is 2.25. The number of nitrogen functional groups attached to an aromatic ring is 2. The summed E-state index contributed by atoms with van der Waals surface area (Å²) < 4.78 is 5.69. The fourth-order valence-electron chi connectivity index (χ4n) is 2.81. The van der Waals surface area contributed by atoms with Crippen LogP contribution in [0.3, 0.4) is 0 Å². The number of nitrogens with one attached hydrogen (secondary N) is 2. The molecule has 3 aromatic rings. The van der Waals surface area contributed by atoms with Crippen LogP contribution in [0.25, 0.3) is 11.3 Å². The lowest BCUT2D eigenvalue weighted by atomic mass is 10.1. The third-order valence-corrected chi connectivity index (χ3v) is 4.58. The second-order valence-corrected chi connectivity index (χ2v) is 6.88. The topological polar surface area (TPSA) is 128 Å². The molecule has 8 nitrogen and oxygen atoms in total. The van der Waals surface area contributed by atoms with Crippen LogP contribution < -0.4 is 22.3 Å². The van der Waals surface area contributed by atoms with Crippen molar-refractivity contribution in [2.45, 2.75) is 25.6 Å². The van der Waals surface area contributed by atoms with Gasteiger partial charge in [0, 0.05) is 16.8 Å². The van der Waals surface area contributed by atoms with E-state index in [2.05, 4.69) is 20.7 Å². The lowest BCUT2D eigenvalue weighted by Crippen LogP contribution is -2.13. The van der Waals surface area contributed by atoms with Gasteiger partial charge in [-0.05, 0) is 42.7 Å². The molecule has 1 aliphatic rings. The molecule has 0 spiro atoms. The SMILES string of the molecule is NNc1ncc(-c2cccc(C(=O)Nc3ccc(COC4CC4)cc3)c2)nc1N. The Balaban J connectivity index is 1.44. The Morgan fingerprint density at radius 3 is 2.66 bits per heavy atom. The number of ether oxygens (including phenoxy) is 1. The fourth-order valence-corrected chi connectivity index (χ4v) is 2.81. The van der Waals surface area contributed by atoms with Crippen LogP contribution >= 0.6 is 0 Å². The van der Waals surface area contributed by atoms with Gasteiger partial charge in [-0.2, -0.15) is 0 Å². The molecule has 148 valence electrons. The third-order valence-electron chi connectivity index (χ3n) is 4.58. The van der Waals surface area contributed by atoms with Gasteiger partial charge in [0.2, 0.25) is 0 Å². The van der Waals surface area contributed by atoms with Gasteiger partial charge >= 0.3 is 0 Å². The molecule has 0 bridgehead atoms. The molecule has 1 aromatic heterocycles. The summed E-state index contributed by atoms with van der Waals surface area (Å²) in [6, 6.07) is 14.8. The van der Waals surface area contributed by atoms with Gasteiger partial charge in [0.1, 0.15) is 0 Å². The van der Waals surface area contributed by atoms with Crippen molar-refractivity contribution < 1.29 is 9.53 Å². The van der Waals surface area contributed by atoms with Crippen molar-refractivity contribution in [2.75, 3.05) is 16.5 Å². The van der Waals surface area contributed by atoms with Crippen molar-refractivity contribution in [1.29, 1.82) is 0 Å². The number of amides is 1. The van der Waals surface area contributed by atoms with Crippen molar-refractivity contribution in [2.24, 2.45) is 5.84 Å². The van der Waals surface area contributed by atoms with E-state index in [9.17, 15) is 4.79 Å². The van der Waals surface area contributed by atoms with E-state index in [0.29, 0.717) is 29.8 Å². The highest BCUT2D eigenvalue weighted by molar-refractivity contribution is 6.04. The molecule has 0 atom stereocenters. The van der Waals surface area contributed by atoms with Crippen LogP contribution in [0, 0.1) is 0 Å². The minimum Gasteiger partial charge on any atom is -0.381 e. The second kappa shape index (κ2) is 8.26. The van der Waals surface area contributed by atoms with Gasteiger partial charge in [0.15, 0.2) is 11.6 Å². The Morgan fingerprint density at radius 1 is 1.17 bits per heavy atom. The highest BCUT2D eigenvalue weighted by Gasteiger charge is 2.21. The number of nitrogens with two attached hydrogens (primary N) is 2.